The standard InChI is InChI=1S/C21H34N2O4S/c1-4-15-6-11-18(12-7-15)27-14-20-19(22-28(3,25)26)13-10-17-9-8-16(5-2)21(24)23(17)20/h8-9,15,18-20,22H,4-7,10-14H2,1-3H3/t15?,18?,19-,20-/m0/s1. The van der Waals surface area contributed by atoms with Gasteiger partial charge >= 0.3 is 0 Å². The summed E-state index contributed by atoms with van der Waals surface area (Å²) in [5.41, 5.74) is 1.72. The summed E-state index contributed by atoms with van der Waals surface area (Å²) >= 11 is 0. The van der Waals surface area contributed by atoms with E-state index in [1.54, 1.807) is 4.57 Å². The maximum absolute atomic E-state index is 13.0. The van der Waals surface area contributed by atoms with Crippen LogP contribution in [0.3, 0.4) is 0 Å². The van der Waals surface area contributed by atoms with Gasteiger partial charge in [0.25, 0.3) is 5.56 Å². The van der Waals surface area contributed by atoms with Gasteiger partial charge in [0.05, 0.1) is 25.0 Å². The van der Waals surface area contributed by atoms with Crippen molar-refractivity contribution < 1.29 is 13.2 Å². The van der Waals surface area contributed by atoms with Crippen molar-refractivity contribution in [1.29, 1.82) is 0 Å². The number of hydrogen-bond donors (Lipinski definition) is 1. The van der Waals surface area contributed by atoms with E-state index in [1.807, 2.05) is 19.1 Å². The van der Waals surface area contributed by atoms with Crippen molar-refractivity contribution in [3.8, 4) is 0 Å². The van der Waals surface area contributed by atoms with Crippen molar-refractivity contribution in [2.45, 2.75) is 83.4 Å². The highest BCUT2D eigenvalue weighted by atomic mass is 32.2. The van der Waals surface area contributed by atoms with Gasteiger partial charge in [-0.25, -0.2) is 13.1 Å². The number of rotatable bonds is 7. The number of aromatic nitrogens is 1. The molecule has 2 heterocycles. The predicted octanol–water partition coefficient (Wildman–Crippen LogP) is 2.80. The van der Waals surface area contributed by atoms with Crippen LogP contribution in [0.1, 0.15) is 69.7 Å². The average molecular weight is 411 g/mol. The first-order chi connectivity index (χ1) is 13.3. The van der Waals surface area contributed by atoms with Crippen molar-refractivity contribution in [2.75, 3.05) is 12.9 Å². The largest absolute Gasteiger partial charge is 0.376 e. The fraction of sp³-hybridized carbons (Fsp3) is 0.762. The van der Waals surface area contributed by atoms with Gasteiger partial charge in [0.1, 0.15) is 0 Å². The maximum Gasteiger partial charge on any atom is 0.254 e. The number of pyridine rings is 1. The molecule has 3 rings (SSSR count). The molecule has 158 valence electrons. The molecule has 2 aliphatic rings. The highest BCUT2D eigenvalue weighted by molar-refractivity contribution is 7.88. The van der Waals surface area contributed by atoms with Crippen LogP contribution in [0.5, 0.6) is 0 Å². The molecule has 0 bridgehead atoms. The van der Waals surface area contributed by atoms with Crippen LogP contribution in [0.25, 0.3) is 0 Å². The smallest absolute Gasteiger partial charge is 0.254 e. The second-order valence-corrected chi connectivity index (χ2v) is 10.1. The summed E-state index contributed by atoms with van der Waals surface area (Å²) in [5.74, 6) is 0.796. The van der Waals surface area contributed by atoms with Crippen molar-refractivity contribution in [2.24, 2.45) is 5.92 Å². The Kier molecular flexibility index (Phi) is 6.99. The topological polar surface area (TPSA) is 77.4 Å². The maximum atomic E-state index is 13.0. The van der Waals surface area contributed by atoms with Gasteiger partial charge < -0.3 is 9.30 Å². The Hall–Kier alpha value is -1.18. The van der Waals surface area contributed by atoms with Gasteiger partial charge in [-0.05, 0) is 56.9 Å². The van der Waals surface area contributed by atoms with E-state index in [9.17, 15) is 13.2 Å². The van der Waals surface area contributed by atoms with Crippen molar-refractivity contribution >= 4 is 10.0 Å². The van der Waals surface area contributed by atoms with Gasteiger partial charge in [0.15, 0.2) is 0 Å². The molecule has 1 N–H and O–H groups in total. The molecule has 28 heavy (non-hydrogen) atoms. The number of ether oxygens (including phenoxy) is 1. The molecule has 1 saturated carbocycles. The van der Waals surface area contributed by atoms with Crippen LogP contribution in [0.4, 0.5) is 0 Å². The number of aryl methyl sites for hydroxylation is 2. The van der Waals surface area contributed by atoms with Crippen LogP contribution in [-0.2, 0) is 27.6 Å². The van der Waals surface area contributed by atoms with Crippen molar-refractivity contribution in [3.05, 3.63) is 33.7 Å². The summed E-state index contributed by atoms with van der Waals surface area (Å²) in [6.07, 6.45) is 9.10. The summed E-state index contributed by atoms with van der Waals surface area (Å²) in [6, 6.07) is 3.29. The normalized spacial score (nSPS) is 28.1. The molecule has 7 heteroatoms. The summed E-state index contributed by atoms with van der Waals surface area (Å²) in [4.78, 5) is 13.0. The lowest BCUT2D eigenvalue weighted by Gasteiger charge is -2.37. The minimum atomic E-state index is -3.36. The van der Waals surface area contributed by atoms with Gasteiger partial charge in [-0.1, -0.05) is 26.3 Å². The average Bonchev–Trinajstić information content (AvgIpc) is 2.66. The molecule has 0 spiro atoms. The first-order valence-corrected chi connectivity index (χ1v) is 12.5. The Morgan fingerprint density at radius 3 is 2.46 bits per heavy atom. The molecule has 0 amide bonds. The molecule has 1 aliphatic carbocycles. The van der Waals surface area contributed by atoms with Gasteiger partial charge in [-0.3, -0.25) is 4.79 Å². The highest BCUT2D eigenvalue weighted by Gasteiger charge is 2.33. The van der Waals surface area contributed by atoms with Crippen LogP contribution in [0.15, 0.2) is 16.9 Å². The van der Waals surface area contributed by atoms with Crippen molar-refractivity contribution in [1.82, 2.24) is 9.29 Å². The molecule has 1 fully saturated rings. The van der Waals surface area contributed by atoms with E-state index in [0.29, 0.717) is 25.9 Å². The first kappa shape index (κ1) is 21.5. The summed E-state index contributed by atoms with van der Waals surface area (Å²) in [7, 11) is -3.36. The molecule has 0 aromatic carbocycles. The van der Waals surface area contributed by atoms with E-state index in [4.69, 9.17) is 4.74 Å². The van der Waals surface area contributed by atoms with Crippen LogP contribution >= 0.6 is 0 Å². The summed E-state index contributed by atoms with van der Waals surface area (Å²) in [6.45, 7) is 4.58. The molecule has 1 aromatic rings. The second kappa shape index (κ2) is 9.09. The van der Waals surface area contributed by atoms with E-state index in [0.717, 1.165) is 30.0 Å². The van der Waals surface area contributed by atoms with E-state index in [2.05, 4.69) is 11.6 Å². The molecule has 0 radical (unpaired) electrons. The molecule has 0 unspecified atom stereocenters. The zero-order valence-corrected chi connectivity index (χ0v) is 18.1. The molecule has 1 aliphatic heterocycles. The third-order valence-corrected chi connectivity index (χ3v) is 7.14. The Bertz CT molecular complexity index is 825. The first-order valence-electron chi connectivity index (χ1n) is 10.6. The number of hydrogen-bond acceptors (Lipinski definition) is 4. The number of nitrogens with one attached hydrogen (secondary N) is 1. The molecule has 0 saturated heterocycles. The van der Waals surface area contributed by atoms with Gasteiger partial charge in [0.2, 0.25) is 10.0 Å². The van der Waals surface area contributed by atoms with E-state index >= 15 is 0 Å². The SMILES string of the molecule is CCc1ccc2n(c1=O)[C@@H](COC1CCC(CC)CC1)[C@@H](NS(C)(=O)=O)CC2. The quantitative estimate of drug-likeness (QED) is 0.750. The Labute approximate surface area is 168 Å². The zero-order valence-electron chi connectivity index (χ0n) is 17.3. The molecule has 1 aromatic heterocycles. The summed E-state index contributed by atoms with van der Waals surface area (Å²) < 4.78 is 34.6. The van der Waals surface area contributed by atoms with Crippen LogP contribution in [-0.4, -0.2) is 38.0 Å². The summed E-state index contributed by atoms with van der Waals surface area (Å²) in [5, 5.41) is 0. The fourth-order valence-electron chi connectivity index (χ4n) is 4.69. The Morgan fingerprint density at radius 1 is 1.14 bits per heavy atom. The lowest BCUT2D eigenvalue weighted by Crippen LogP contribution is -2.49. The van der Waals surface area contributed by atoms with Gasteiger partial charge in [-0.15, -0.1) is 0 Å². The third kappa shape index (κ3) is 5.05. The second-order valence-electron chi connectivity index (χ2n) is 8.37. The third-order valence-electron chi connectivity index (χ3n) is 6.41. The predicted molar refractivity (Wildman–Crippen MR) is 111 cm³/mol. The Morgan fingerprint density at radius 2 is 1.86 bits per heavy atom. The minimum absolute atomic E-state index is 0.0108. The zero-order chi connectivity index (χ0) is 20.3. The lowest BCUT2D eigenvalue weighted by atomic mass is 9.86. The minimum Gasteiger partial charge on any atom is -0.376 e. The van der Waals surface area contributed by atoms with Crippen LogP contribution < -0.4 is 10.3 Å². The number of nitrogens with zero attached hydrogens (tertiary/aromatic N) is 1. The van der Waals surface area contributed by atoms with E-state index in [1.165, 1.54) is 25.5 Å². The van der Waals surface area contributed by atoms with Crippen LogP contribution in [0, 0.1) is 5.92 Å². The number of sulfonamides is 1. The molecule has 6 nitrogen and oxygen atoms in total. The van der Waals surface area contributed by atoms with Gasteiger partial charge in [0, 0.05) is 17.3 Å². The monoisotopic (exact) mass is 410 g/mol. The van der Waals surface area contributed by atoms with Crippen LogP contribution in [0.2, 0.25) is 0 Å². The Balaban J connectivity index is 1.82. The lowest BCUT2D eigenvalue weighted by molar-refractivity contribution is -0.00695. The van der Waals surface area contributed by atoms with Crippen molar-refractivity contribution in [3.63, 3.8) is 0 Å². The molecular formula is C21H34N2O4S. The van der Waals surface area contributed by atoms with Gasteiger partial charge in [-0.2, -0.15) is 0 Å². The number of fused-ring (bicyclic) bond motifs is 1. The van der Waals surface area contributed by atoms with E-state index in [-0.39, 0.29) is 23.7 Å². The fourth-order valence-corrected chi connectivity index (χ4v) is 5.52. The molecular weight excluding hydrogens is 376 g/mol. The van der Waals surface area contributed by atoms with E-state index < -0.39 is 10.0 Å². The highest BCUT2D eigenvalue weighted by Crippen LogP contribution is 2.30. The molecule has 2 atom stereocenters.